The minimum Gasteiger partial charge on any atom is -0.323 e. The van der Waals surface area contributed by atoms with Gasteiger partial charge in [-0.05, 0) is 38.0 Å². The van der Waals surface area contributed by atoms with Crippen molar-refractivity contribution in [2.24, 2.45) is 11.7 Å². The summed E-state index contributed by atoms with van der Waals surface area (Å²) in [6.45, 7) is 4.48. The van der Waals surface area contributed by atoms with Crippen molar-refractivity contribution in [2.75, 3.05) is 0 Å². The molecule has 0 amide bonds. The standard InChI is InChI=1S/C13H24N4/c1-3-4-12(14)13-9-17(16-15-13)11-7-5-10(2)6-8-11/h9-12H,3-8,14H2,1-2H3. The van der Waals surface area contributed by atoms with Gasteiger partial charge in [0.2, 0.25) is 0 Å². The average Bonchev–Trinajstić information content (AvgIpc) is 2.80. The highest BCUT2D eigenvalue weighted by Crippen LogP contribution is 2.31. The van der Waals surface area contributed by atoms with Gasteiger partial charge in [-0.15, -0.1) is 5.10 Å². The molecule has 4 nitrogen and oxygen atoms in total. The molecule has 2 rings (SSSR count). The summed E-state index contributed by atoms with van der Waals surface area (Å²) in [6, 6.07) is 0.595. The average molecular weight is 236 g/mol. The summed E-state index contributed by atoms with van der Waals surface area (Å²) in [5.74, 6) is 0.872. The molecular weight excluding hydrogens is 212 g/mol. The van der Waals surface area contributed by atoms with Crippen LogP contribution in [0.4, 0.5) is 0 Å². The van der Waals surface area contributed by atoms with Gasteiger partial charge in [0, 0.05) is 0 Å². The van der Waals surface area contributed by atoms with Crippen LogP contribution in [0.2, 0.25) is 0 Å². The highest BCUT2D eigenvalue weighted by molar-refractivity contribution is 5.00. The Hall–Kier alpha value is -0.900. The third-order valence-corrected chi connectivity index (χ3v) is 3.87. The van der Waals surface area contributed by atoms with Gasteiger partial charge in [-0.3, -0.25) is 0 Å². The van der Waals surface area contributed by atoms with Gasteiger partial charge in [0.1, 0.15) is 0 Å². The summed E-state index contributed by atoms with van der Waals surface area (Å²) in [5.41, 5.74) is 7.00. The first-order valence-corrected chi connectivity index (χ1v) is 6.88. The Morgan fingerprint density at radius 2 is 2.12 bits per heavy atom. The van der Waals surface area contributed by atoms with Crippen molar-refractivity contribution in [1.82, 2.24) is 15.0 Å². The molecule has 1 aromatic rings. The van der Waals surface area contributed by atoms with E-state index < -0.39 is 0 Å². The van der Waals surface area contributed by atoms with Crippen LogP contribution in [0.25, 0.3) is 0 Å². The van der Waals surface area contributed by atoms with Gasteiger partial charge >= 0.3 is 0 Å². The van der Waals surface area contributed by atoms with E-state index in [-0.39, 0.29) is 6.04 Å². The highest BCUT2D eigenvalue weighted by Gasteiger charge is 2.21. The molecule has 0 spiro atoms. The van der Waals surface area contributed by atoms with E-state index in [9.17, 15) is 0 Å². The minimum absolute atomic E-state index is 0.0521. The molecule has 1 aliphatic carbocycles. The van der Waals surface area contributed by atoms with Crippen molar-refractivity contribution in [2.45, 2.75) is 64.5 Å². The zero-order valence-electron chi connectivity index (χ0n) is 11.0. The van der Waals surface area contributed by atoms with E-state index in [1.807, 2.05) is 4.68 Å². The smallest absolute Gasteiger partial charge is 0.0994 e. The van der Waals surface area contributed by atoms with Crippen molar-refractivity contribution in [3.63, 3.8) is 0 Å². The molecule has 1 saturated carbocycles. The van der Waals surface area contributed by atoms with E-state index in [4.69, 9.17) is 5.73 Å². The lowest BCUT2D eigenvalue weighted by Gasteiger charge is -2.25. The van der Waals surface area contributed by atoms with E-state index in [1.54, 1.807) is 0 Å². The molecule has 0 aliphatic heterocycles. The number of hydrogen-bond donors (Lipinski definition) is 1. The number of aromatic nitrogens is 3. The second-order valence-electron chi connectivity index (χ2n) is 5.43. The van der Waals surface area contributed by atoms with Gasteiger partial charge in [-0.1, -0.05) is 25.5 Å². The Balaban J connectivity index is 1.98. The van der Waals surface area contributed by atoms with Gasteiger partial charge in [-0.2, -0.15) is 0 Å². The molecule has 2 N–H and O–H groups in total. The summed E-state index contributed by atoms with van der Waals surface area (Å²) in [7, 11) is 0. The first-order valence-electron chi connectivity index (χ1n) is 6.88. The summed E-state index contributed by atoms with van der Waals surface area (Å²) in [4.78, 5) is 0. The van der Waals surface area contributed by atoms with Crippen molar-refractivity contribution in [3.8, 4) is 0 Å². The third-order valence-electron chi connectivity index (χ3n) is 3.87. The van der Waals surface area contributed by atoms with Gasteiger partial charge in [0.05, 0.1) is 24.0 Å². The van der Waals surface area contributed by atoms with Gasteiger partial charge in [-0.25, -0.2) is 4.68 Å². The Labute approximate surface area is 104 Å². The van der Waals surface area contributed by atoms with E-state index >= 15 is 0 Å². The van der Waals surface area contributed by atoms with Gasteiger partial charge < -0.3 is 5.73 Å². The van der Waals surface area contributed by atoms with Crippen LogP contribution in [0, 0.1) is 5.92 Å². The lowest BCUT2D eigenvalue weighted by Crippen LogP contribution is -2.17. The first-order chi connectivity index (χ1) is 8.20. The van der Waals surface area contributed by atoms with Crippen LogP contribution in [0.15, 0.2) is 6.20 Å². The lowest BCUT2D eigenvalue weighted by atomic mass is 9.87. The quantitative estimate of drug-likeness (QED) is 0.874. The molecular formula is C13H24N4. The van der Waals surface area contributed by atoms with Crippen molar-refractivity contribution < 1.29 is 0 Å². The van der Waals surface area contributed by atoms with Crippen LogP contribution in [-0.4, -0.2) is 15.0 Å². The molecule has 0 radical (unpaired) electrons. The second kappa shape index (κ2) is 5.63. The van der Waals surface area contributed by atoms with Crippen LogP contribution >= 0.6 is 0 Å². The number of nitrogens with two attached hydrogens (primary N) is 1. The summed E-state index contributed by atoms with van der Waals surface area (Å²) < 4.78 is 2.04. The Bertz CT molecular complexity index is 339. The van der Waals surface area contributed by atoms with Crippen LogP contribution < -0.4 is 5.73 Å². The molecule has 1 unspecified atom stereocenters. The molecule has 4 heteroatoms. The van der Waals surface area contributed by atoms with Gasteiger partial charge in [0.15, 0.2) is 0 Å². The topological polar surface area (TPSA) is 56.7 Å². The largest absolute Gasteiger partial charge is 0.323 e. The van der Waals surface area contributed by atoms with E-state index in [2.05, 4.69) is 30.4 Å². The van der Waals surface area contributed by atoms with E-state index in [0.29, 0.717) is 6.04 Å². The number of rotatable bonds is 4. The molecule has 1 fully saturated rings. The molecule has 1 heterocycles. The number of nitrogens with zero attached hydrogens (tertiary/aromatic N) is 3. The van der Waals surface area contributed by atoms with Crippen LogP contribution in [0.3, 0.4) is 0 Å². The van der Waals surface area contributed by atoms with Crippen molar-refractivity contribution in [3.05, 3.63) is 11.9 Å². The lowest BCUT2D eigenvalue weighted by molar-refractivity contribution is 0.270. The number of hydrogen-bond acceptors (Lipinski definition) is 3. The molecule has 17 heavy (non-hydrogen) atoms. The van der Waals surface area contributed by atoms with E-state index in [0.717, 1.165) is 24.5 Å². The zero-order valence-corrected chi connectivity index (χ0v) is 11.0. The molecule has 1 aromatic heterocycles. The second-order valence-corrected chi connectivity index (χ2v) is 5.43. The molecule has 0 aromatic carbocycles. The molecule has 0 bridgehead atoms. The maximum Gasteiger partial charge on any atom is 0.0994 e. The van der Waals surface area contributed by atoms with Crippen LogP contribution in [0.5, 0.6) is 0 Å². The minimum atomic E-state index is 0.0521. The fraction of sp³-hybridized carbons (Fsp3) is 0.846. The maximum atomic E-state index is 6.05. The molecule has 96 valence electrons. The summed E-state index contributed by atoms with van der Waals surface area (Å²) >= 11 is 0. The molecule has 0 saturated heterocycles. The fourth-order valence-corrected chi connectivity index (χ4v) is 2.60. The zero-order chi connectivity index (χ0) is 12.3. The monoisotopic (exact) mass is 236 g/mol. The normalized spacial score (nSPS) is 27.0. The maximum absolute atomic E-state index is 6.05. The SMILES string of the molecule is CCCC(N)c1cn(C2CCC(C)CC2)nn1. The summed E-state index contributed by atoms with van der Waals surface area (Å²) in [5, 5.41) is 8.47. The van der Waals surface area contributed by atoms with Crippen LogP contribution in [0.1, 0.15) is 70.2 Å². The Morgan fingerprint density at radius 3 is 2.76 bits per heavy atom. The van der Waals surface area contributed by atoms with Crippen LogP contribution in [-0.2, 0) is 0 Å². The van der Waals surface area contributed by atoms with Crippen molar-refractivity contribution >= 4 is 0 Å². The van der Waals surface area contributed by atoms with Crippen molar-refractivity contribution in [1.29, 1.82) is 0 Å². The first kappa shape index (κ1) is 12.6. The highest BCUT2D eigenvalue weighted by atomic mass is 15.4. The molecule has 1 atom stereocenters. The van der Waals surface area contributed by atoms with E-state index in [1.165, 1.54) is 25.7 Å². The third kappa shape index (κ3) is 3.06. The van der Waals surface area contributed by atoms with Gasteiger partial charge in [0.25, 0.3) is 0 Å². The Kier molecular flexibility index (Phi) is 4.15. The Morgan fingerprint density at radius 1 is 1.41 bits per heavy atom. The fourth-order valence-electron chi connectivity index (χ4n) is 2.60. The summed E-state index contributed by atoms with van der Waals surface area (Å²) in [6.07, 6.45) is 9.21. The molecule has 1 aliphatic rings. The predicted molar refractivity (Wildman–Crippen MR) is 68.5 cm³/mol. The predicted octanol–water partition coefficient (Wildman–Crippen LogP) is 2.83.